The Morgan fingerprint density at radius 3 is 2.84 bits per heavy atom. The van der Waals surface area contributed by atoms with Gasteiger partial charge in [-0.1, -0.05) is 47.7 Å². The Morgan fingerprint density at radius 1 is 1.10 bits per heavy atom. The first-order chi connectivity index (χ1) is 15.2. The summed E-state index contributed by atoms with van der Waals surface area (Å²) in [6, 6.07) is 18.1. The first-order valence-corrected chi connectivity index (χ1v) is 10.8. The lowest BCUT2D eigenvalue weighted by Crippen LogP contribution is -2.32. The van der Waals surface area contributed by atoms with Gasteiger partial charge in [0.1, 0.15) is 5.82 Å². The zero-order chi connectivity index (χ0) is 21.2. The Bertz CT molecular complexity index is 1360. The molecule has 5 aromatic rings. The largest absolute Gasteiger partial charge is 0.337 e. The first-order valence-electron chi connectivity index (χ1n) is 10.0. The number of hydrogen-bond acceptors (Lipinski definition) is 4. The van der Waals surface area contributed by atoms with Gasteiger partial charge in [-0.15, -0.1) is 0 Å². The average Bonchev–Trinajstić information content (AvgIpc) is 3.45. The molecule has 5 nitrogen and oxygen atoms in total. The number of aryl methyl sites for hydroxylation is 1. The molecule has 0 bridgehead atoms. The molecule has 0 aliphatic rings. The van der Waals surface area contributed by atoms with Crippen LogP contribution in [0.3, 0.4) is 0 Å². The van der Waals surface area contributed by atoms with Gasteiger partial charge in [0.2, 0.25) is 0 Å². The van der Waals surface area contributed by atoms with Gasteiger partial charge in [-0.25, -0.2) is 14.4 Å². The van der Waals surface area contributed by atoms with Gasteiger partial charge >= 0.3 is 0 Å². The molecule has 5 rings (SSSR count). The number of hydrogen-bond donors (Lipinski definition) is 0. The van der Waals surface area contributed by atoms with Crippen molar-refractivity contribution in [2.45, 2.75) is 13.0 Å². The summed E-state index contributed by atoms with van der Waals surface area (Å²) in [4.78, 5) is 24.1. The molecule has 2 aromatic heterocycles. The van der Waals surface area contributed by atoms with Crippen LogP contribution < -0.4 is 4.90 Å². The van der Waals surface area contributed by atoms with E-state index in [0.29, 0.717) is 22.8 Å². The summed E-state index contributed by atoms with van der Waals surface area (Å²) >= 11 is 1.33. The summed E-state index contributed by atoms with van der Waals surface area (Å²) < 4.78 is 16.4. The number of imidazole rings is 1. The van der Waals surface area contributed by atoms with E-state index in [2.05, 4.69) is 9.97 Å². The van der Waals surface area contributed by atoms with Crippen molar-refractivity contribution >= 4 is 43.4 Å². The lowest BCUT2D eigenvalue weighted by Gasteiger charge is -2.21. The van der Waals surface area contributed by atoms with E-state index >= 15 is 0 Å². The molecule has 31 heavy (non-hydrogen) atoms. The van der Waals surface area contributed by atoms with Crippen molar-refractivity contribution in [1.82, 2.24) is 14.5 Å². The number of fused-ring (bicyclic) bond motifs is 2. The van der Waals surface area contributed by atoms with Crippen LogP contribution in [0.2, 0.25) is 0 Å². The number of carbonyl (C=O) groups is 1. The van der Waals surface area contributed by atoms with E-state index in [1.165, 1.54) is 23.5 Å². The maximum atomic E-state index is 13.7. The SMILES string of the molecule is O=C(c1cccc2ccccc12)N(CCCn1ccnc1)c1nc2ccc(F)cc2s1. The first kappa shape index (κ1) is 19.4. The van der Waals surface area contributed by atoms with Crippen LogP contribution in [0.5, 0.6) is 0 Å². The van der Waals surface area contributed by atoms with Crippen LogP contribution in [-0.4, -0.2) is 27.0 Å². The molecule has 0 saturated carbocycles. The molecule has 3 aromatic carbocycles. The molecule has 0 radical (unpaired) electrons. The highest BCUT2D eigenvalue weighted by Gasteiger charge is 2.22. The van der Waals surface area contributed by atoms with E-state index in [1.807, 2.05) is 53.2 Å². The number of carbonyl (C=O) groups excluding carboxylic acids is 1. The fourth-order valence-electron chi connectivity index (χ4n) is 3.67. The molecule has 0 aliphatic heterocycles. The fraction of sp³-hybridized carbons (Fsp3) is 0.125. The van der Waals surface area contributed by atoms with Crippen LogP contribution in [0, 0.1) is 5.82 Å². The minimum atomic E-state index is -0.310. The Kier molecular flexibility index (Phi) is 5.18. The van der Waals surface area contributed by atoms with Crippen molar-refractivity contribution in [3.05, 3.63) is 90.8 Å². The topological polar surface area (TPSA) is 51.0 Å². The van der Waals surface area contributed by atoms with Gasteiger partial charge < -0.3 is 4.57 Å². The van der Waals surface area contributed by atoms with Crippen molar-refractivity contribution in [2.24, 2.45) is 0 Å². The van der Waals surface area contributed by atoms with Crippen LogP contribution in [0.1, 0.15) is 16.8 Å². The van der Waals surface area contributed by atoms with Gasteiger partial charge in [0, 0.05) is 31.0 Å². The van der Waals surface area contributed by atoms with Gasteiger partial charge in [0.05, 0.1) is 16.5 Å². The molecule has 0 unspecified atom stereocenters. The zero-order valence-electron chi connectivity index (χ0n) is 16.6. The maximum absolute atomic E-state index is 13.7. The summed E-state index contributed by atoms with van der Waals surface area (Å²) in [5, 5.41) is 2.49. The summed E-state index contributed by atoms with van der Waals surface area (Å²) in [5.41, 5.74) is 1.32. The highest BCUT2D eigenvalue weighted by atomic mass is 32.1. The fourth-order valence-corrected chi connectivity index (χ4v) is 4.69. The van der Waals surface area contributed by atoms with Crippen molar-refractivity contribution in [3.8, 4) is 0 Å². The third-order valence-electron chi connectivity index (χ3n) is 5.19. The predicted molar refractivity (Wildman–Crippen MR) is 122 cm³/mol. The lowest BCUT2D eigenvalue weighted by atomic mass is 10.0. The monoisotopic (exact) mass is 430 g/mol. The molecule has 0 saturated heterocycles. The number of anilines is 1. The smallest absolute Gasteiger partial charge is 0.260 e. The number of rotatable bonds is 6. The maximum Gasteiger partial charge on any atom is 0.260 e. The normalized spacial score (nSPS) is 11.3. The third kappa shape index (κ3) is 3.92. The molecule has 0 spiro atoms. The summed E-state index contributed by atoms with van der Waals surface area (Å²) in [7, 11) is 0. The van der Waals surface area contributed by atoms with Crippen LogP contribution in [0.15, 0.2) is 79.4 Å². The number of thiazole rings is 1. The van der Waals surface area contributed by atoms with E-state index in [9.17, 15) is 9.18 Å². The van der Waals surface area contributed by atoms with Gasteiger partial charge in [-0.3, -0.25) is 9.69 Å². The zero-order valence-corrected chi connectivity index (χ0v) is 17.4. The van der Waals surface area contributed by atoms with Gasteiger partial charge in [-0.05, 0) is 41.5 Å². The molecule has 1 amide bonds. The van der Waals surface area contributed by atoms with E-state index in [0.717, 1.165) is 28.4 Å². The molecule has 154 valence electrons. The molecule has 0 atom stereocenters. The number of amides is 1. The van der Waals surface area contributed by atoms with Crippen LogP contribution >= 0.6 is 11.3 Å². The number of aromatic nitrogens is 3. The molecular weight excluding hydrogens is 411 g/mol. The number of halogens is 1. The minimum absolute atomic E-state index is 0.109. The second kappa shape index (κ2) is 8.28. The highest BCUT2D eigenvalue weighted by molar-refractivity contribution is 7.22. The lowest BCUT2D eigenvalue weighted by molar-refractivity contribution is 0.0988. The molecule has 7 heteroatoms. The predicted octanol–water partition coefficient (Wildman–Crippen LogP) is 5.52. The molecule has 2 heterocycles. The molecule has 0 aliphatic carbocycles. The van der Waals surface area contributed by atoms with E-state index < -0.39 is 0 Å². The second-order valence-corrected chi connectivity index (χ2v) is 8.26. The average molecular weight is 431 g/mol. The summed E-state index contributed by atoms with van der Waals surface area (Å²) in [6.07, 6.45) is 6.13. The Morgan fingerprint density at radius 2 is 1.97 bits per heavy atom. The minimum Gasteiger partial charge on any atom is -0.337 e. The highest BCUT2D eigenvalue weighted by Crippen LogP contribution is 2.31. The quantitative estimate of drug-likeness (QED) is 0.356. The van der Waals surface area contributed by atoms with Gasteiger partial charge in [-0.2, -0.15) is 0 Å². The van der Waals surface area contributed by atoms with Crippen LogP contribution in [-0.2, 0) is 6.54 Å². The van der Waals surface area contributed by atoms with Gasteiger partial charge in [0.15, 0.2) is 5.13 Å². The third-order valence-corrected chi connectivity index (χ3v) is 6.23. The van der Waals surface area contributed by atoms with E-state index in [1.54, 1.807) is 23.5 Å². The Hall–Kier alpha value is -3.58. The van der Waals surface area contributed by atoms with Crippen molar-refractivity contribution in [3.63, 3.8) is 0 Å². The number of nitrogens with zero attached hydrogens (tertiary/aromatic N) is 4. The number of benzene rings is 3. The van der Waals surface area contributed by atoms with Crippen LogP contribution in [0.4, 0.5) is 9.52 Å². The van der Waals surface area contributed by atoms with Crippen molar-refractivity contribution in [1.29, 1.82) is 0 Å². The summed E-state index contributed by atoms with van der Waals surface area (Å²) in [5.74, 6) is -0.420. The van der Waals surface area contributed by atoms with Crippen molar-refractivity contribution in [2.75, 3.05) is 11.4 Å². The summed E-state index contributed by atoms with van der Waals surface area (Å²) in [6.45, 7) is 1.22. The van der Waals surface area contributed by atoms with E-state index in [-0.39, 0.29) is 11.7 Å². The Balaban J connectivity index is 1.52. The van der Waals surface area contributed by atoms with Crippen LogP contribution in [0.25, 0.3) is 21.0 Å². The molecular formula is C24H19FN4OS. The standard InChI is InChI=1S/C24H19FN4OS/c25-18-9-10-21-22(15-18)31-24(27-21)29(13-4-12-28-14-11-26-16-28)23(30)20-8-3-6-17-5-1-2-7-19(17)20/h1-3,5-11,14-16H,4,12-13H2. The van der Waals surface area contributed by atoms with E-state index in [4.69, 9.17) is 0 Å². The van der Waals surface area contributed by atoms with Crippen molar-refractivity contribution < 1.29 is 9.18 Å². The molecule has 0 fully saturated rings. The van der Waals surface area contributed by atoms with Gasteiger partial charge in [0.25, 0.3) is 5.91 Å². The Labute approximate surface area is 182 Å². The second-order valence-electron chi connectivity index (χ2n) is 7.25. The molecule has 0 N–H and O–H groups in total.